The van der Waals surface area contributed by atoms with Crippen LogP contribution in [0.2, 0.25) is 0 Å². The van der Waals surface area contributed by atoms with Gasteiger partial charge in [0.25, 0.3) is 0 Å². The van der Waals surface area contributed by atoms with Gasteiger partial charge in [0, 0.05) is 24.0 Å². The summed E-state index contributed by atoms with van der Waals surface area (Å²) in [7, 11) is 0. The Labute approximate surface area is 126 Å². The third-order valence-electron chi connectivity index (χ3n) is 3.95. The highest BCUT2D eigenvalue weighted by Gasteiger charge is 2.20. The van der Waals surface area contributed by atoms with Gasteiger partial charge in [-0.1, -0.05) is 31.5 Å². The molecule has 21 heavy (non-hydrogen) atoms. The maximum absolute atomic E-state index is 5.99. The smallest absolute Gasteiger partial charge is 0.214 e. The van der Waals surface area contributed by atoms with Crippen molar-refractivity contribution >= 4 is 10.9 Å². The van der Waals surface area contributed by atoms with Crippen LogP contribution in [0.25, 0.3) is 10.9 Å². The van der Waals surface area contributed by atoms with Crippen LogP contribution in [0, 0.1) is 0 Å². The summed E-state index contributed by atoms with van der Waals surface area (Å²) in [6, 6.07) is 11.1. The second kappa shape index (κ2) is 6.44. The number of para-hydroxylation sites is 1. The number of hydrogen-bond acceptors (Lipinski definition) is 3. The van der Waals surface area contributed by atoms with Crippen LogP contribution >= 0.6 is 0 Å². The third-order valence-corrected chi connectivity index (χ3v) is 3.95. The number of nitrogens with one attached hydrogen (secondary N) is 1. The lowest BCUT2D eigenvalue weighted by Crippen LogP contribution is -2.16. The summed E-state index contributed by atoms with van der Waals surface area (Å²) in [6.45, 7) is 5.19. The lowest BCUT2D eigenvalue weighted by atomic mass is 10.1. The van der Waals surface area contributed by atoms with Crippen LogP contribution < -0.4 is 10.1 Å². The number of fused-ring (bicyclic) bond motifs is 1. The van der Waals surface area contributed by atoms with E-state index in [4.69, 9.17) is 4.74 Å². The van der Waals surface area contributed by atoms with Crippen LogP contribution in [0.3, 0.4) is 0 Å². The third kappa shape index (κ3) is 3.73. The summed E-state index contributed by atoms with van der Waals surface area (Å²) in [6.07, 6.45) is 5.02. The second-order valence-corrected chi connectivity index (χ2v) is 6.01. The van der Waals surface area contributed by atoms with Crippen molar-refractivity contribution < 1.29 is 4.74 Å². The van der Waals surface area contributed by atoms with E-state index in [2.05, 4.69) is 48.4 Å². The summed E-state index contributed by atoms with van der Waals surface area (Å²) in [5.74, 6) is 0.752. The number of hydrogen-bond donors (Lipinski definition) is 1. The standard InChI is InChI=1S/C18H24N2O/c1-3-6-13(2)21-18-11-14(12-19-15-9-10-15)16-7-4-5-8-17(16)20-18/h4-5,7-8,11,13,15,19H,3,6,9-10,12H2,1-2H3. The molecule has 1 N–H and O–H groups in total. The molecule has 0 spiro atoms. The van der Waals surface area contributed by atoms with E-state index in [1.807, 2.05) is 6.07 Å². The summed E-state index contributed by atoms with van der Waals surface area (Å²) >= 11 is 0. The molecule has 1 unspecified atom stereocenters. The molecule has 3 heteroatoms. The molecule has 1 saturated carbocycles. The molecule has 1 heterocycles. The normalized spacial score (nSPS) is 16.1. The van der Waals surface area contributed by atoms with E-state index in [0.29, 0.717) is 6.04 Å². The number of ether oxygens (including phenoxy) is 1. The molecule has 1 aliphatic carbocycles. The van der Waals surface area contributed by atoms with Crippen LogP contribution in [0.15, 0.2) is 30.3 Å². The van der Waals surface area contributed by atoms with Crippen LogP contribution in [0.1, 0.15) is 45.1 Å². The first-order chi connectivity index (χ1) is 10.3. The molecule has 1 atom stereocenters. The van der Waals surface area contributed by atoms with Gasteiger partial charge < -0.3 is 10.1 Å². The number of rotatable bonds is 7. The molecule has 112 valence electrons. The zero-order valence-corrected chi connectivity index (χ0v) is 12.9. The molecule has 0 aliphatic heterocycles. The first-order valence-corrected chi connectivity index (χ1v) is 8.05. The van der Waals surface area contributed by atoms with Gasteiger partial charge in [0.15, 0.2) is 0 Å². The highest BCUT2D eigenvalue weighted by atomic mass is 16.5. The van der Waals surface area contributed by atoms with Crippen molar-refractivity contribution in [1.82, 2.24) is 10.3 Å². The summed E-state index contributed by atoms with van der Waals surface area (Å²) in [5, 5.41) is 4.81. The Morgan fingerprint density at radius 1 is 1.33 bits per heavy atom. The number of nitrogens with zero attached hydrogens (tertiary/aromatic N) is 1. The van der Waals surface area contributed by atoms with Gasteiger partial charge in [-0.3, -0.25) is 0 Å². The summed E-state index contributed by atoms with van der Waals surface area (Å²) in [4.78, 5) is 4.65. The quantitative estimate of drug-likeness (QED) is 0.832. The zero-order chi connectivity index (χ0) is 14.7. The monoisotopic (exact) mass is 284 g/mol. The fourth-order valence-electron chi connectivity index (χ4n) is 2.64. The molecule has 1 aliphatic rings. The Hall–Kier alpha value is -1.61. The van der Waals surface area contributed by atoms with E-state index in [0.717, 1.165) is 30.8 Å². The van der Waals surface area contributed by atoms with Gasteiger partial charge >= 0.3 is 0 Å². The highest BCUT2D eigenvalue weighted by molar-refractivity contribution is 5.82. The minimum atomic E-state index is 0.216. The molecule has 1 fully saturated rings. The maximum atomic E-state index is 5.99. The van der Waals surface area contributed by atoms with Crippen LogP contribution in [0.4, 0.5) is 0 Å². The van der Waals surface area contributed by atoms with Gasteiger partial charge in [0.1, 0.15) is 0 Å². The molecule has 3 nitrogen and oxygen atoms in total. The summed E-state index contributed by atoms with van der Waals surface area (Å²) < 4.78 is 5.99. The molecule has 1 aromatic heterocycles. The Morgan fingerprint density at radius 2 is 2.14 bits per heavy atom. The Kier molecular flexibility index (Phi) is 4.39. The highest BCUT2D eigenvalue weighted by Crippen LogP contribution is 2.25. The topological polar surface area (TPSA) is 34.1 Å². The minimum Gasteiger partial charge on any atom is -0.475 e. The van der Waals surface area contributed by atoms with Crippen LogP contribution in [0.5, 0.6) is 5.88 Å². The number of aromatic nitrogens is 1. The first kappa shape index (κ1) is 14.3. The van der Waals surface area contributed by atoms with Gasteiger partial charge in [0.2, 0.25) is 5.88 Å². The van der Waals surface area contributed by atoms with Crippen LogP contribution in [-0.2, 0) is 6.54 Å². The first-order valence-electron chi connectivity index (χ1n) is 8.05. The van der Waals surface area contributed by atoms with E-state index in [1.165, 1.54) is 23.8 Å². The molecular formula is C18H24N2O. The fourth-order valence-corrected chi connectivity index (χ4v) is 2.64. The van der Waals surface area contributed by atoms with Crippen molar-refractivity contribution in [3.05, 3.63) is 35.9 Å². The van der Waals surface area contributed by atoms with Crippen molar-refractivity contribution in [2.24, 2.45) is 0 Å². The molecule has 2 aromatic rings. The van der Waals surface area contributed by atoms with E-state index in [-0.39, 0.29) is 6.10 Å². The summed E-state index contributed by atoms with van der Waals surface area (Å²) in [5.41, 5.74) is 2.30. The largest absolute Gasteiger partial charge is 0.475 e. The molecule has 3 rings (SSSR count). The Morgan fingerprint density at radius 3 is 2.90 bits per heavy atom. The minimum absolute atomic E-state index is 0.216. The molecule has 0 amide bonds. The predicted octanol–water partition coefficient (Wildman–Crippen LogP) is 4.05. The van der Waals surface area contributed by atoms with E-state index >= 15 is 0 Å². The van der Waals surface area contributed by atoms with E-state index in [9.17, 15) is 0 Å². The predicted molar refractivity (Wildman–Crippen MR) is 86.6 cm³/mol. The SMILES string of the molecule is CCCC(C)Oc1cc(CNC2CC2)c2ccccc2n1. The molecule has 0 bridgehead atoms. The van der Waals surface area contributed by atoms with Crippen molar-refractivity contribution in [2.45, 2.75) is 58.2 Å². The average Bonchev–Trinajstić information content (AvgIpc) is 3.29. The lowest BCUT2D eigenvalue weighted by Gasteiger charge is -2.15. The van der Waals surface area contributed by atoms with Crippen molar-refractivity contribution in [3.8, 4) is 5.88 Å². The zero-order valence-electron chi connectivity index (χ0n) is 12.9. The molecule has 0 radical (unpaired) electrons. The number of benzene rings is 1. The fraction of sp³-hybridized carbons (Fsp3) is 0.500. The van der Waals surface area contributed by atoms with E-state index in [1.54, 1.807) is 0 Å². The van der Waals surface area contributed by atoms with Gasteiger partial charge in [-0.05, 0) is 37.8 Å². The Balaban J connectivity index is 1.85. The molecule has 1 aromatic carbocycles. The van der Waals surface area contributed by atoms with Gasteiger partial charge in [0.05, 0.1) is 11.6 Å². The van der Waals surface area contributed by atoms with Gasteiger partial charge in [-0.2, -0.15) is 0 Å². The Bertz CT molecular complexity index is 607. The lowest BCUT2D eigenvalue weighted by molar-refractivity contribution is 0.202. The molecule has 0 saturated heterocycles. The average molecular weight is 284 g/mol. The van der Waals surface area contributed by atoms with Crippen molar-refractivity contribution in [2.75, 3.05) is 0 Å². The van der Waals surface area contributed by atoms with Crippen molar-refractivity contribution in [3.63, 3.8) is 0 Å². The maximum Gasteiger partial charge on any atom is 0.214 e. The van der Waals surface area contributed by atoms with Crippen LogP contribution in [-0.4, -0.2) is 17.1 Å². The number of pyridine rings is 1. The molecular weight excluding hydrogens is 260 g/mol. The van der Waals surface area contributed by atoms with Gasteiger partial charge in [-0.25, -0.2) is 4.98 Å². The van der Waals surface area contributed by atoms with E-state index < -0.39 is 0 Å². The second-order valence-electron chi connectivity index (χ2n) is 6.01. The van der Waals surface area contributed by atoms with Gasteiger partial charge in [-0.15, -0.1) is 0 Å². The van der Waals surface area contributed by atoms with Crippen molar-refractivity contribution in [1.29, 1.82) is 0 Å².